The second kappa shape index (κ2) is 4.37. The predicted molar refractivity (Wildman–Crippen MR) is 71.4 cm³/mol. The quantitative estimate of drug-likeness (QED) is 0.816. The molecule has 0 radical (unpaired) electrons. The molecule has 0 saturated heterocycles. The molecule has 3 aliphatic rings. The molecule has 1 aromatic heterocycles. The Hall–Kier alpha value is -0.830. The van der Waals surface area contributed by atoms with E-state index < -0.39 is 0 Å². The molecule has 4 rings (SSSR count). The summed E-state index contributed by atoms with van der Waals surface area (Å²) in [6, 6.07) is 2.37. The van der Waals surface area contributed by atoms with Crippen LogP contribution >= 0.6 is 0 Å². The molecule has 2 aliphatic carbocycles. The average molecular weight is 245 g/mol. The first-order chi connectivity index (χ1) is 8.88. The van der Waals surface area contributed by atoms with Crippen molar-refractivity contribution in [1.29, 1.82) is 0 Å². The molecule has 0 amide bonds. The summed E-state index contributed by atoms with van der Waals surface area (Å²) in [5, 5.41) is 4.77. The largest absolute Gasteiger partial charge is 0.295 e. The third-order valence-electron chi connectivity index (χ3n) is 4.88. The van der Waals surface area contributed by atoms with E-state index in [1.807, 2.05) is 0 Å². The first-order valence-corrected chi connectivity index (χ1v) is 7.67. The molecule has 0 atom stereocenters. The van der Waals surface area contributed by atoms with Crippen molar-refractivity contribution in [1.82, 2.24) is 14.7 Å². The lowest BCUT2D eigenvalue weighted by atomic mass is 10.1. The van der Waals surface area contributed by atoms with Gasteiger partial charge in [0.05, 0.1) is 17.9 Å². The summed E-state index contributed by atoms with van der Waals surface area (Å²) in [4.78, 5) is 2.66. The zero-order valence-corrected chi connectivity index (χ0v) is 11.1. The molecule has 0 bridgehead atoms. The molecule has 98 valence electrons. The van der Waals surface area contributed by atoms with Gasteiger partial charge in [0.1, 0.15) is 0 Å². The van der Waals surface area contributed by atoms with Gasteiger partial charge in [-0.25, -0.2) is 0 Å². The zero-order valence-electron chi connectivity index (χ0n) is 11.1. The highest BCUT2D eigenvalue weighted by atomic mass is 15.3. The normalized spacial score (nSPS) is 25.6. The van der Waals surface area contributed by atoms with E-state index in [1.165, 1.54) is 63.0 Å². The third-order valence-corrected chi connectivity index (χ3v) is 4.88. The Morgan fingerprint density at radius 1 is 1.11 bits per heavy atom. The van der Waals surface area contributed by atoms with E-state index in [1.54, 1.807) is 0 Å². The average Bonchev–Trinajstić information content (AvgIpc) is 2.95. The summed E-state index contributed by atoms with van der Waals surface area (Å²) in [5.41, 5.74) is 2.83. The van der Waals surface area contributed by atoms with E-state index in [9.17, 15) is 0 Å². The van der Waals surface area contributed by atoms with E-state index in [4.69, 9.17) is 5.10 Å². The maximum absolute atomic E-state index is 4.77. The maximum Gasteiger partial charge on any atom is 0.0658 e. The van der Waals surface area contributed by atoms with Gasteiger partial charge in [-0.05, 0) is 37.7 Å². The summed E-state index contributed by atoms with van der Waals surface area (Å²) >= 11 is 0. The number of rotatable bonds is 3. The van der Waals surface area contributed by atoms with Gasteiger partial charge >= 0.3 is 0 Å². The summed E-state index contributed by atoms with van der Waals surface area (Å²) in [6.07, 6.45) is 8.57. The van der Waals surface area contributed by atoms with Crippen molar-refractivity contribution in [2.24, 2.45) is 5.92 Å². The minimum atomic E-state index is 0.798. The molecule has 3 nitrogen and oxygen atoms in total. The molecule has 2 saturated carbocycles. The molecule has 0 spiro atoms. The molecule has 1 aliphatic heterocycles. The fourth-order valence-electron chi connectivity index (χ4n) is 3.64. The van der Waals surface area contributed by atoms with Crippen LogP contribution in [-0.2, 0) is 13.1 Å². The standard InChI is InChI=1S/C15H23N3/c1-2-4-12(3-1)10-17-7-8-18-14(11-17)9-15(16-18)13-5-6-13/h9,12-13H,1-8,10-11H2. The molecule has 2 fully saturated rings. The Morgan fingerprint density at radius 3 is 2.72 bits per heavy atom. The molecule has 0 unspecified atom stereocenters. The molecular formula is C15H23N3. The number of hydrogen-bond donors (Lipinski definition) is 0. The second-order valence-electron chi connectivity index (χ2n) is 6.44. The van der Waals surface area contributed by atoms with Gasteiger partial charge in [-0.1, -0.05) is 12.8 Å². The van der Waals surface area contributed by atoms with Crippen LogP contribution in [0.1, 0.15) is 55.8 Å². The van der Waals surface area contributed by atoms with E-state index in [-0.39, 0.29) is 0 Å². The van der Waals surface area contributed by atoms with Crippen molar-refractivity contribution < 1.29 is 0 Å². The zero-order chi connectivity index (χ0) is 11.9. The minimum Gasteiger partial charge on any atom is -0.295 e. The van der Waals surface area contributed by atoms with Crippen LogP contribution in [0.4, 0.5) is 0 Å². The lowest BCUT2D eigenvalue weighted by Gasteiger charge is -2.29. The summed E-state index contributed by atoms with van der Waals surface area (Å²) in [6.45, 7) is 4.77. The van der Waals surface area contributed by atoms with E-state index in [2.05, 4.69) is 15.6 Å². The van der Waals surface area contributed by atoms with Gasteiger partial charge in [-0.3, -0.25) is 9.58 Å². The Bertz CT molecular complexity index is 427. The van der Waals surface area contributed by atoms with Gasteiger partial charge in [-0.15, -0.1) is 0 Å². The molecule has 2 heterocycles. The lowest BCUT2D eigenvalue weighted by molar-refractivity contribution is 0.183. The van der Waals surface area contributed by atoms with Crippen LogP contribution in [0.15, 0.2) is 6.07 Å². The van der Waals surface area contributed by atoms with Crippen LogP contribution in [0.3, 0.4) is 0 Å². The van der Waals surface area contributed by atoms with Crippen LogP contribution in [0, 0.1) is 5.92 Å². The molecule has 1 aromatic rings. The first-order valence-electron chi connectivity index (χ1n) is 7.67. The fraction of sp³-hybridized carbons (Fsp3) is 0.800. The molecule has 18 heavy (non-hydrogen) atoms. The van der Waals surface area contributed by atoms with Crippen molar-refractivity contribution in [2.45, 2.75) is 57.5 Å². The highest BCUT2D eigenvalue weighted by Crippen LogP contribution is 2.39. The maximum atomic E-state index is 4.77. The van der Waals surface area contributed by atoms with Crippen LogP contribution < -0.4 is 0 Å². The first kappa shape index (κ1) is 11.0. The minimum absolute atomic E-state index is 0.798. The van der Waals surface area contributed by atoms with E-state index >= 15 is 0 Å². The lowest BCUT2D eigenvalue weighted by Crippen LogP contribution is -2.36. The monoisotopic (exact) mass is 245 g/mol. The van der Waals surface area contributed by atoms with Crippen LogP contribution in [0.25, 0.3) is 0 Å². The number of hydrogen-bond acceptors (Lipinski definition) is 2. The number of nitrogens with zero attached hydrogens (tertiary/aromatic N) is 3. The Labute approximate surface area is 109 Å². The van der Waals surface area contributed by atoms with Crippen molar-refractivity contribution in [3.8, 4) is 0 Å². The van der Waals surface area contributed by atoms with Gasteiger partial charge in [0.25, 0.3) is 0 Å². The molecular weight excluding hydrogens is 222 g/mol. The van der Waals surface area contributed by atoms with Gasteiger partial charge in [-0.2, -0.15) is 5.10 Å². The molecule has 3 heteroatoms. The fourth-order valence-corrected chi connectivity index (χ4v) is 3.64. The topological polar surface area (TPSA) is 21.1 Å². The van der Waals surface area contributed by atoms with Crippen molar-refractivity contribution >= 4 is 0 Å². The second-order valence-corrected chi connectivity index (χ2v) is 6.44. The van der Waals surface area contributed by atoms with Gasteiger partial charge in [0, 0.05) is 25.6 Å². The Morgan fingerprint density at radius 2 is 1.94 bits per heavy atom. The van der Waals surface area contributed by atoms with Crippen molar-refractivity contribution in [3.05, 3.63) is 17.5 Å². The van der Waals surface area contributed by atoms with E-state index in [0.717, 1.165) is 24.9 Å². The summed E-state index contributed by atoms with van der Waals surface area (Å²) in [5.74, 6) is 1.77. The highest BCUT2D eigenvalue weighted by molar-refractivity contribution is 5.19. The van der Waals surface area contributed by atoms with Crippen molar-refractivity contribution in [2.75, 3.05) is 13.1 Å². The van der Waals surface area contributed by atoms with Gasteiger partial charge in [0.2, 0.25) is 0 Å². The van der Waals surface area contributed by atoms with Crippen LogP contribution in [0.5, 0.6) is 0 Å². The summed E-state index contributed by atoms with van der Waals surface area (Å²) < 4.78 is 2.26. The van der Waals surface area contributed by atoms with E-state index in [0.29, 0.717) is 0 Å². The molecule has 0 aromatic carbocycles. The smallest absolute Gasteiger partial charge is 0.0658 e. The highest BCUT2D eigenvalue weighted by Gasteiger charge is 2.29. The Balaban J connectivity index is 1.43. The number of aromatic nitrogens is 2. The predicted octanol–water partition coefficient (Wildman–Crippen LogP) is 2.77. The number of fused-ring (bicyclic) bond motifs is 1. The van der Waals surface area contributed by atoms with Crippen LogP contribution in [0.2, 0.25) is 0 Å². The molecule has 0 N–H and O–H groups in total. The van der Waals surface area contributed by atoms with Crippen molar-refractivity contribution in [3.63, 3.8) is 0 Å². The van der Waals surface area contributed by atoms with Gasteiger partial charge < -0.3 is 0 Å². The van der Waals surface area contributed by atoms with Gasteiger partial charge in [0.15, 0.2) is 0 Å². The third kappa shape index (κ3) is 2.09. The Kier molecular flexibility index (Phi) is 2.68. The summed E-state index contributed by atoms with van der Waals surface area (Å²) in [7, 11) is 0. The SMILES string of the molecule is c1c(C2CC2)nn2c1CN(CC1CCCC1)CC2. The van der Waals surface area contributed by atoms with Crippen LogP contribution in [-0.4, -0.2) is 27.8 Å².